The summed E-state index contributed by atoms with van der Waals surface area (Å²) in [5.41, 5.74) is 2.27. The first-order chi connectivity index (χ1) is 13.1. The first-order valence-electron chi connectivity index (χ1n) is 9.59. The molecule has 0 fully saturated rings. The third-order valence-electron chi connectivity index (χ3n) is 4.21. The molecule has 6 heteroatoms. The lowest BCUT2D eigenvalue weighted by Gasteiger charge is -2.31. The van der Waals surface area contributed by atoms with Crippen molar-refractivity contribution in [2.45, 2.75) is 51.6 Å². The lowest BCUT2D eigenvalue weighted by atomic mass is 10.1. The quantitative estimate of drug-likeness (QED) is 0.314. The lowest BCUT2D eigenvalue weighted by molar-refractivity contribution is 0.0734. The third kappa shape index (κ3) is 7.43. The van der Waals surface area contributed by atoms with Gasteiger partial charge in [0, 0.05) is 0 Å². The van der Waals surface area contributed by atoms with Crippen LogP contribution in [0, 0.1) is 11.3 Å². The van der Waals surface area contributed by atoms with Crippen molar-refractivity contribution in [1.29, 1.82) is 5.26 Å². The maximum absolute atomic E-state index is 12.3. The number of carbonyl (C=O) groups excluding carboxylic acids is 1. The molecule has 0 aliphatic carbocycles. The van der Waals surface area contributed by atoms with Gasteiger partial charge in [-0.25, -0.2) is 4.79 Å². The van der Waals surface area contributed by atoms with Crippen molar-refractivity contribution in [3.8, 4) is 11.8 Å². The van der Waals surface area contributed by atoms with Gasteiger partial charge in [-0.2, -0.15) is 5.26 Å². The molecule has 0 aliphatic heterocycles. The monoisotopic (exact) mass is 411 g/mol. The molecule has 0 heterocycles. The molecule has 0 saturated carbocycles. The van der Waals surface area contributed by atoms with Crippen LogP contribution in [0.15, 0.2) is 48.5 Å². The first kappa shape index (κ1) is 22.1. The van der Waals surface area contributed by atoms with Crippen LogP contribution in [0.5, 0.6) is 5.75 Å². The van der Waals surface area contributed by atoms with Crippen LogP contribution in [0.1, 0.15) is 27.9 Å². The molecule has 0 bridgehead atoms. The molecular weight excluding hydrogens is 382 g/mol. The molecule has 0 atom stereocenters. The Morgan fingerprint density at radius 3 is 2.11 bits per heavy atom. The van der Waals surface area contributed by atoms with Crippen molar-refractivity contribution in [3.63, 3.8) is 0 Å². The van der Waals surface area contributed by atoms with Crippen LogP contribution in [0.4, 0.5) is 0 Å². The summed E-state index contributed by atoms with van der Waals surface area (Å²) in [7, 11) is -3.09. The summed E-state index contributed by atoms with van der Waals surface area (Å²) in [6, 6.07) is 17.3. The van der Waals surface area contributed by atoms with Gasteiger partial charge in [0.05, 0.1) is 17.2 Å². The van der Waals surface area contributed by atoms with E-state index in [-0.39, 0.29) is 0 Å². The molecule has 2 aromatic rings. The van der Waals surface area contributed by atoms with E-state index in [0.717, 1.165) is 18.9 Å². The molecule has 4 nitrogen and oxygen atoms in total. The largest absolute Gasteiger partial charge is 0.456 e. The molecule has 0 amide bonds. The van der Waals surface area contributed by atoms with Crippen LogP contribution in [0.3, 0.4) is 0 Å². The second kappa shape index (κ2) is 9.33. The molecular formula is C22H29NO3Si2. The van der Waals surface area contributed by atoms with Crippen LogP contribution in [0.2, 0.25) is 38.8 Å². The fourth-order valence-corrected chi connectivity index (χ4v) is 11.2. The number of carbonyl (C=O) groups is 1. The van der Waals surface area contributed by atoms with Crippen LogP contribution >= 0.6 is 0 Å². The molecule has 2 rings (SSSR count). The number of nitriles is 1. The van der Waals surface area contributed by atoms with E-state index in [0.29, 0.717) is 16.9 Å². The number of hydrogen-bond acceptors (Lipinski definition) is 4. The van der Waals surface area contributed by atoms with Crippen molar-refractivity contribution < 1.29 is 13.6 Å². The highest BCUT2D eigenvalue weighted by Crippen LogP contribution is 2.21. The zero-order chi connectivity index (χ0) is 20.8. The van der Waals surface area contributed by atoms with Crippen molar-refractivity contribution in [2.24, 2.45) is 0 Å². The van der Waals surface area contributed by atoms with Crippen molar-refractivity contribution in [3.05, 3.63) is 65.2 Å². The summed E-state index contributed by atoms with van der Waals surface area (Å²) in [5, 5.41) is 8.81. The standard InChI is InChI=1S/C22H29NO3Si2/c1-27(2,3)26-28(4,5)16-6-7-18-8-12-20(13-9-18)22(24)25-21-14-10-19(17-23)11-15-21/h8-15H,6-7,16H2,1-5H3. The normalized spacial score (nSPS) is 11.7. The van der Waals surface area contributed by atoms with E-state index in [1.807, 2.05) is 30.3 Å². The molecule has 0 spiro atoms. The fourth-order valence-electron chi connectivity index (χ4n) is 3.17. The first-order valence-corrected chi connectivity index (χ1v) is 16.1. The third-order valence-corrected chi connectivity index (χ3v) is 10.4. The Morgan fingerprint density at radius 1 is 0.964 bits per heavy atom. The van der Waals surface area contributed by atoms with Crippen LogP contribution in [-0.4, -0.2) is 22.6 Å². The van der Waals surface area contributed by atoms with Crippen LogP contribution in [0.25, 0.3) is 0 Å². The number of ether oxygens (including phenoxy) is 1. The number of rotatable bonds is 8. The fraction of sp³-hybridized carbons (Fsp3) is 0.364. The highest BCUT2D eigenvalue weighted by Gasteiger charge is 2.28. The Balaban J connectivity index is 1.87. The van der Waals surface area contributed by atoms with Gasteiger partial charge >= 0.3 is 5.97 Å². The minimum atomic E-state index is -1.60. The minimum Gasteiger partial charge on any atom is -0.456 e. The Morgan fingerprint density at radius 2 is 1.57 bits per heavy atom. The maximum atomic E-state index is 12.3. The van der Waals surface area contributed by atoms with Crippen molar-refractivity contribution >= 4 is 22.6 Å². The van der Waals surface area contributed by atoms with Gasteiger partial charge in [-0.15, -0.1) is 0 Å². The number of aryl methyl sites for hydroxylation is 1. The van der Waals surface area contributed by atoms with Gasteiger partial charge in [-0.3, -0.25) is 0 Å². The number of hydrogen-bond donors (Lipinski definition) is 0. The molecule has 0 saturated heterocycles. The average Bonchev–Trinajstić information content (AvgIpc) is 2.60. The Hall–Kier alpha value is -2.21. The minimum absolute atomic E-state index is 0.395. The van der Waals surface area contributed by atoms with Crippen LogP contribution in [-0.2, 0) is 10.5 Å². The van der Waals surface area contributed by atoms with Gasteiger partial charge in [0.15, 0.2) is 16.6 Å². The highest BCUT2D eigenvalue weighted by molar-refractivity contribution is 6.84. The van der Waals surface area contributed by atoms with Gasteiger partial charge in [0.2, 0.25) is 0 Å². The number of esters is 1. The van der Waals surface area contributed by atoms with E-state index in [2.05, 4.69) is 32.7 Å². The second-order valence-corrected chi connectivity index (χ2v) is 17.6. The van der Waals surface area contributed by atoms with Gasteiger partial charge in [0.25, 0.3) is 0 Å². The smallest absolute Gasteiger partial charge is 0.343 e. The van der Waals surface area contributed by atoms with E-state index >= 15 is 0 Å². The topological polar surface area (TPSA) is 59.3 Å². The van der Waals surface area contributed by atoms with Crippen molar-refractivity contribution in [1.82, 2.24) is 0 Å². The molecule has 0 N–H and O–H groups in total. The maximum Gasteiger partial charge on any atom is 0.343 e. The Bertz CT molecular complexity index is 832. The molecule has 2 aromatic carbocycles. The molecule has 0 radical (unpaired) electrons. The summed E-state index contributed by atoms with van der Waals surface area (Å²) >= 11 is 0. The van der Waals surface area contributed by atoms with Gasteiger partial charge in [-0.05, 0) is 93.6 Å². The summed E-state index contributed by atoms with van der Waals surface area (Å²) in [6.45, 7) is 11.3. The Kier molecular flexibility index (Phi) is 7.36. The van der Waals surface area contributed by atoms with E-state index in [9.17, 15) is 4.79 Å². The zero-order valence-corrected chi connectivity index (χ0v) is 19.4. The predicted molar refractivity (Wildman–Crippen MR) is 118 cm³/mol. The summed E-state index contributed by atoms with van der Waals surface area (Å²) in [5.74, 6) is 0.0380. The SMILES string of the molecule is C[Si](C)(C)O[Si](C)(C)CCCc1ccc(C(=O)Oc2ccc(C#N)cc2)cc1. The summed E-state index contributed by atoms with van der Waals surface area (Å²) in [6.07, 6.45) is 2.08. The molecule has 0 unspecified atom stereocenters. The van der Waals surface area contributed by atoms with E-state index in [1.54, 1.807) is 24.3 Å². The lowest BCUT2D eigenvalue weighted by Crippen LogP contribution is -2.42. The van der Waals surface area contributed by atoms with E-state index in [4.69, 9.17) is 14.1 Å². The average molecular weight is 412 g/mol. The highest BCUT2D eigenvalue weighted by atomic mass is 28.4. The molecule has 0 aliphatic rings. The number of nitrogens with zero attached hydrogens (tertiary/aromatic N) is 1. The predicted octanol–water partition coefficient (Wildman–Crippen LogP) is 5.77. The molecule has 0 aromatic heterocycles. The van der Waals surface area contributed by atoms with E-state index in [1.165, 1.54) is 5.56 Å². The second-order valence-electron chi connectivity index (χ2n) is 8.55. The number of benzene rings is 2. The van der Waals surface area contributed by atoms with Crippen molar-refractivity contribution in [2.75, 3.05) is 0 Å². The van der Waals surface area contributed by atoms with E-state index < -0.39 is 22.6 Å². The zero-order valence-electron chi connectivity index (χ0n) is 17.4. The summed E-state index contributed by atoms with van der Waals surface area (Å²) in [4.78, 5) is 12.3. The molecule has 28 heavy (non-hydrogen) atoms. The van der Waals surface area contributed by atoms with Crippen LogP contribution < -0.4 is 4.74 Å². The van der Waals surface area contributed by atoms with Gasteiger partial charge in [-0.1, -0.05) is 12.1 Å². The summed E-state index contributed by atoms with van der Waals surface area (Å²) < 4.78 is 11.7. The van der Waals surface area contributed by atoms with Gasteiger partial charge in [0.1, 0.15) is 5.75 Å². The molecule has 148 valence electrons. The Labute approximate surface area is 170 Å². The van der Waals surface area contributed by atoms with Gasteiger partial charge < -0.3 is 8.85 Å².